The molecule has 2 heterocycles. The molecule has 1 atom stereocenters. The van der Waals surface area contributed by atoms with Crippen LogP contribution in [0.25, 0.3) is 11.3 Å². The molecule has 3 aromatic rings. The van der Waals surface area contributed by atoms with E-state index < -0.39 is 5.67 Å². The van der Waals surface area contributed by atoms with Crippen LogP contribution in [0, 0.1) is 10.8 Å². The molecule has 8 fully saturated rings. The second-order valence-electron chi connectivity index (χ2n) is 15.1. The van der Waals surface area contributed by atoms with E-state index >= 15 is 0 Å². The molecule has 8 saturated carbocycles. The van der Waals surface area contributed by atoms with Gasteiger partial charge in [-0.15, -0.1) is 0 Å². The van der Waals surface area contributed by atoms with Gasteiger partial charge in [-0.25, -0.2) is 9.37 Å². The van der Waals surface area contributed by atoms with E-state index in [0.29, 0.717) is 37.5 Å². The quantitative estimate of drug-likeness (QED) is 0.261. The highest BCUT2D eigenvalue weighted by Gasteiger charge is 2.69. The predicted octanol–water partition coefficient (Wildman–Crippen LogP) is 7.78. The predicted molar refractivity (Wildman–Crippen MR) is 154 cm³/mol. The summed E-state index contributed by atoms with van der Waals surface area (Å²) in [5, 5.41) is 4.33. The molecule has 0 saturated heterocycles. The number of aromatic nitrogens is 3. The van der Waals surface area contributed by atoms with E-state index in [4.69, 9.17) is 13.9 Å². The molecule has 1 amide bonds. The maximum Gasteiger partial charge on any atom is 0.232 e. The second-order valence-corrected chi connectivity index (χ2v) is 15.1. The molecule has 8 heteroatoms. The second kappa shape index (κ2) is 8.54. The number of anilines is 1. The van der Waals surface area contributed by atoms with Gasteiger partial charge in [0.1, 0.15) is 5.67 Å². The molecule has 11 rings (SSSR count). The van der Waals surface area contributed by atoms with Crippen molar-refractivity contribution in [1.29, 1.82) is 0 Å². The van der Waals surface area contributed by atoms with Gasteiger partial charge >= 0.3 is 0 Å². The van der Waals surface area contributed by atoms with Gasteiger partial charge < -0.3 is 13.8 Å². The third-order valence-corrected chi connectivity index (χ3v) is 12.1. The van der Waals surface area contributed by atoms with Gasteiger partial charge in [0, 0.05) is 41.0 Å². The molecule has 0 spiro atoms. The largest absolute Gasteiger partial charge is 0.440 e. The van der Waals surface area contributed by atoms with Crippen molar-refractivity contribution in [3.05, 3.63) is 48.1 Å². The summed E-state index contributed by atoms with van der Waals surface area (Å²) in [6.07, 6.45) is 14.6. The molecule has 0 aliphatic heterocycles. The number of hydrogen-bond donors (Lipinski definition) is 0. The van der Waals surface area contributed by atoms with Gasteiger partial charge in [-0.3, -0.25) is 4.79 Å². The minimum Gasteiger partial charge on any atom is -0.440 e. The number of benzene rings is 1. The summed E-state index contributed by atoms with van der Waals surface area (Å²) < 4.78 is 26.4. The molecule has 220 valence electrons. The van der Waals surface area contributed by atoms with Crippen LogP contribution in [-0.4, -0.2) is 32.7 Å². The Hall–Kier alpha value is -3.03. The Morgan fingerprint density at radius 2 is 1.76 bits per heavy atom. The number of oxazole rings is 1. The molecular weight excluding hydrogens is 531 g/mol. The van der Waals surface area contributed by atoms with Crippen molar-refractivity contribution in [2.24, 2.45) is 10.8 Å². The number of carbonyl (C=O) groups is 1. The maximum absolute atomic E-state index is 14.4. The number of amides is 1. The molecular formula is C34H39FN4O3. The molecule has 0 radical (unpaired) electrons. The number of alkyl halides is 1. The van der Waals surface area contributed by atoms with Crippen LogP contribution in [0.1, 0.15) is 126 Å². The average Bonchev–Trinajstić information content (AvgIpc) is 3.91. The minimum absolute atomic E-state index is 0.0201. The van der Waals surface area contributed by atoms with Gasteiger partial charge in [0.05, 0.1) is 6.20 Å². The Kier molecular flexibility index (Phi) is 5.18. The molecule has 1 unspecified atom stereocenters. The first kappa shape index (κ1) is 25.5. The fourth-order valence-electron chi connectivity index (χ4n) is 9.18. The SMILES string of the molecule is CC(N(C(=O)CC12CC(F)(C1)C2)c1cccc(-c2cnc(C3CC3)o2)c1)C12CCC(c3nc(C4CC4)no3)(CC1)CC2. The summed E-state index contributed by atoms with van der Waals surface area (Å²) in [5.74, 6) is 4.37. The number of hydrogen-bond acceptors (Lipinski definition) is 6. The first-order valence-electron chi connectivity index (χ1n) is 16.2. The van der Waals surface area contributed by atoms with Crippen LogP contribution in [0.3, 0.4) is 0 Å². The molecule has 42 heavy (non-hydrogen) atoms. The monoisotopic (exact) mass is 570 g/mol. The van der Waals surface area contributed by atoms with Crippen molar-refractivity contribution >= 4 is 11.6 Å². The third kappa shape index (κ3) is 3.88. The van der Waals surface area contributed by atoms with Gasteiger partial charge in [-0.2, -0.15) is 4.98 Å². The number of fused-ring (bicyclic) bond motifs is 3. The fourth-order valence-corrected chi connectivity index (χ4v) is 9.18. The van der Waals surface area contributed by atoms with Gasteiger partial charge in [0.15, 0.2) is 17.5 Å². The number of halogens is 1. The normalized spacial score (nSPS) is 35.4. The standard InChI is InChI=1S/C34H39FN4O3/c1-21(32-9-12-33(13-10-32,14-11-32)30-37-28(38-42-30)22-5-6-22)39(27(40)16-31-18-34(35,19-31)20-31)25-4-2-3-24(15-25)26-17-36-29(41-26)23-7-8-23/h2-4,15,17,21-23H,5-14,16,18-20H2,1H3. The number of carbonyl (C=O) groups excluding carboxylic acids is 1. The van der Waals surface area contributed by atoms with Crippen molar-refractivity contribution in [3.63, 3.8) is 0 Å². The highest BCUT2D eigenvalue weighted by molar-refractivity contribution is 5.95. The summed E-state index contributed by atoms with van der Waals surface area (Å²) >= 11 is 0. The van der Waals surface area contributed by atoms with Gasteiger partial charge in [0.25, 0.3) is 0 Å². The molecule has 4 bridgehead atoms. The Morgan fingerprint density at radius 3 is 2.43 bits per heavy atom. The van der Waals surface area contributed by atoms with Crippen molar-refractivity contribution in [1.82, 2.24) is 15.1 Å². The van der Waals surface area contributed by atoms with Gasteiger partial charge in [-0.1, -0.05) is 17.3 Å². The van der Waals surface area contributed by atoms with Crippen LogP contribution in [0.5, 0.6) is 0 Å². The molecule has 2 aromatic heterocycles. The Balaban J connectivity index is 1.01. The van der Waals surface area contributed by atoms with Crippen molar-refractivity contribution in [2.45, 2.75) is 126 Å². The average molecular weight is 571 g/mol. The first-order chi connectivity index (χ1) is 20.3. The molecule has 7 nitrogen and oxygen atoms in total. The lowest BCUT2D eigenvalue weighted by molar-refractivity contribution is -0.215. The summed E-state index contributed by atoms with van der Waals surface area (Å²) in [7, 11) is 0. The van der Waals surface area contributed by atoms with Gasteiger partial charge in [0.2, 0.25) is 11.8 Å². The zero-order chi connectivity index (χ0) is 28.3. The fraction of sp³-hybridized carbons (Fsp3) is 0.647. The van der Waals surface area contributed by atoms with Crippen LogP contribution in [-0.2, 0) is 10.2 Å². The van der Waals surface area contributed by atoms with Crippen LogP contribution < -0.4 is 4.90 Å². The molecule has 8 aliphatic carbocycles. The molecule has 0 N–H and O–H groups in total. The smallest absolute Gasteiger partial charge is 0.232 e. The van der Waals surface area contributed by atoms with Crippen LogP contribution in [0.15, 0.2) is 39.4 Å². The van der Waals surface area contributed by atoms with Crippen LogP contribution in [0.2, 0.25) is 0 Å². The minimum atomic E-state index is -1.01. The number of rotatable bonds is 9. The van der Waals surface area contributed by atoms with Crippen LogP contribution >= 0.6 is 0 Å². The highest BCUT2D eigenvalue weighted by atomic mass is 19.1. The van der Waals surface area contributed by atoms with E-state index in [1.807, 2.05) is 18.3 Å². The van der Waals surface area contributed by atoms with Gasteiger partial charge in [-0.05, 0) is 113 Å². The van der Waals surface area contributed by atoms with Crippen molar-refractivity contribution in [2.75, 3.05) is 4.90 Å². The highest BCUT2D eigenvalue weighted by Crippen LogP contribution is 2.71. The summed E-state index contributed by atoms with van der Waals surface area (Å²) in [5.41, 5.74) is 0.692. The summed E-state index contributed by atoms with van der Waals surface area (Å²) in [6, 6.07) is 8.22. The topological polar surface area (TPSA) is 85.3 Å². The van der Waals surface area contributed by atoms with E-state index in [1.165, 1.54) is 12.8 Å². The molecule has 1 aromatic carbocycles. The first-order valence-corrected chi connectivity index (χ1v) is 16.2. The lowest BCUT2D eigenvalue weighted by atomic mass is 9.41. The van der Waals surface area contributed by atoms with E-state index in [-0.39, 0.29) is 28.2 Å². The van der Waals surface area contributed by atoms with Crippen LogP contribution in [0.4, 0.5) is 10.1 Å². The maximum atomic E-state index is 14.4. The van der Waals surface area contributed by atoms with Crippen molar-refractivity contribution in [3.8, 4) is 11.3 Å². The third-order valence-electron chi connectivity index (χ3n) is 12.1. The Labute approximate surface area is 245 Å². The summed E-state index contributed by atoms with van der Waals surface area (Å²) in [6.45, 7) is 2.25. The zero-order valence-electron chi connectivity index (χ0n) is 24.4. The lowest BCUT2D eigenvalue weighted by Crippen LogP contribution is -2.66. The Bertz CT molecular complexity index is 1520. The zero-order valence-corrected chi connectivity index (χ0v) is 24.4. The van der Waals surface area contributed by atoms with E-state index in [9.17, 15) is 9.18 Å². The lowest BCUT2D eigenvalue weighted by Gasteiger charge is -2.66. The van der Waals surface area contributed by atoms with E-state index in [1.54, 1.807) is 0 Å². The molecule has 8 aliphatic rings. The van der Waals surface area contributed by atoms with E-state index in [2.05, 4.69) is 34.1 Å². The Morgan fingerprint density at radius 1 is 1.05 bits per heavy atom. The van der Waals surface area contributed by atoms with Crippen molar-refractivity contribution < 1.29 is 18.1 Å². The van der Waals surface area contributed by atoms with E-state index in [0.717, 1.165) is 86.0 Å². The summed E-state index contributed by atoms with van der Waals surface area (Å²) in [4.78, 5) is 25.8. The number of nitrogens with zero attached hydrogens (tertiary/aromatic N) is 4.